The molecule has 25 heavy (non-hydrogen) atoms. The van der Waals surface area contributed by atoms with Gasteiger partial charge in [-0.3, -0.25) is 9.59 Å². The third kappa shape index (κ3) is 4.96. The Bertz CT molecular complexity index is 466. The molecule has 1 spiro atoms. The lowest BCUT2D eigenvalue weighted by molar-refractivity contribution is -0.149. The van der Waals surface area contributed by atoms with E-state index in [4.69, 9.17) is 4.74 Å². The van der Waals surface area contributed by atoms with Crippen molar-refractivity contribution in [2.75, 3.05) is 26.7 Å². The highest BCUT2D eigenvalue weighted by atomic mass is 16.5. The molecule has 1 N–H and O–H groups in total. The average molecular weight is 351 g/mol. The van der Waals surface area contributed by atoms with Crippen molar-refractivity contribution in [2.45, 2.75) is 76.2 Å². The summed E-state index contributed by atoms with van der Waals surface area (Å²) in [5.41, 5.74) is -0.0987. The quantitative estimate of drug-likeness (QED) is 0.848. The number of ether oxygens (including phenoxy) is 1. The molecule has 0 aromatic rings. The van der Waals surface area contributed by atoms with Crippen LogP contribution in [0.3, 0.4) is 0 Å². The van der Waals surface area contributed by atoms with Crippen LogP contribution in [0.25, 0.3) is 0 Å². The van der Waals surface area contributed by atoms with Crippen molar-refractivity contribution in [1.82, 2.24) is 10.2 Å². The molecule has 1 unspecified atom stereocenters. The maximum absolute atomic E-state index is 12.6. The molecule has 5 heteroatoms. The second kappa shape index (κ2) is 8.52. The third-order valence-corrected chi connectivity index (χ3v) is 6.56. The summed E-state index contributed by atoms with van der Waals surface area (Å²) in [7, 11) is 1.70. The Kier molecular flexibility index (Phi) is 6.37. The van der Waals surface area contributed by atoms with Gasteiger partial charge in [0.1, 0.15) is 0 Å². The van der Waals surface area contributed by atoms with E-state index >= 15 is 0 Å². The standard InChI is InChI=1S/C20H34N2O3/c1-21-18(23)13-17-7-12-25-20(15-17)8-10-22(11-9-20)19(24)14-16-5-3-2-4-6-16/h16-17H,2-15H2,1H3,(H,21,23). The first-order chi connectivity index (χ1) is 12.1. The summed E-state index contributed by atoms with van der Waals surface area (Å²) >= 11 is 0. The zero-order chi connectivity index (χ0) is 17.7. The molecule has 3 fully saturated rings. The number of rotatable bonds is 4. The van der Waals surface area contributed by atoms with Gasteiger partial charge in [0.25, 0.3) is 0 Å². The number of nitrogens with zero attached hydrogens (tertiary/aromatic N) is 1. The molecule has 1 aliphatic carbocycles. The fourth-order valence-electron chi connectivity index (χ4n) is 4.95. The predicted octanol–water partition coefficient (Wildman–Crippen LogP) is 2.88. The second-order valence-electron chi connectivity index (χ2n) is 8.36. The molecule has 3 aliphatic rings. The fraction of sp³-hybridized carbons (Fsp3) is 0.900. The fourth-order valence-corrected chi connectivity index (χ4v) is 4.95. The van der Waals surface area contributed by atoms with Crippen LogP contribution in [0.5, 0.6) is 0 Å². The predicted molar refractivity (Wildman–Crippen MR) is 97.1 cm³/mol. The van der Waals surface area contributed by atoms with Crippen molar-refractivity contribution in [3.05, 3.63) is 0 Å². The van der Waals surface area contributed by atoms with E-state index in [1.165, 1.54) is 32.1 Å². The number of carbonyl (C=O) groups is 2. The molecule has 0 aromatic carbocycles. The SMILES string of the molecule is CNC(=O)CC1CCOC2(CCN(C(=O)CC3CCCCC3)CC2)C1. The summed E-state index contributed by atoms with van der Waals surface area (Å²) in [6.07, 6.45) is 11.5. The number of nitrogens with one attached hydrogen (secondary N) is 1. The lowest BCUT2D eigenvalue weighted by Crippen LogP contribution is -2.51. The van der Waals surface area contributed by atoms with Gasteiger partial charge in [0.2, 0.25) is 11.8 Å². The lowest BCUT2D eigenvalue weighted by atomic mass is 9.78. The number of likely N-dealkylation sites (tertiary alicyclic amines) is 1. The van der Waals surface area contributed by atoms with Gasteiger partial charge in [0.15, 0.2) is 0 Å². The highest BCUT2D eigenvalue weighted by Crippen LogP contribution is 2.39. The van der Waals surface area contributed by atoms with Crippen molar-refractivity contribution in [3.63, 3.8) is 0 Å². The van der Waals surface area contributed by atoms with Crippen molar-refractivity contribution >= 4 is 11.8 Å². The maximum Gasteiger partial charge on any atom is 0.222 e. The minimum absolute atomic E-state index is 0.0987. The molecule has 2 saturated heterocycles. The summed E-state index contributed by atoms with van der Waals surface area (Å²) in [6, 6.07) is 0. The molecule has 3 rings (SSSR count). The van der Waals surface area contributed by atoms with Gasteiger partial charge in [0.05, 0.1) is 5.60 Å². The van der Waals surface area contributed by atoms with E-state index in [-0.39, 0.29) is 11.5 Å². The Morgan fingerprint density at radius 1 is 1.04 bits per heavy atom. The van der Waals surface area contributed by atoms with E-state index in [0.29, 0.717) is 24.2 Å². The number of amides is 2. The smallest absolute Gasteiger partial charge is 0.222 e. The molecule has 0 bridgehead atoms. The van der Waals surface area contributed by atoms with Crippen molar-refractivity contribution in [3.8, 4) is 0 Å². The summed E-state index contributed by atoms with van der Waals surface area (Å²) in [6.45, 7) is 2.38. The van der Waals surface area contributed by atoms with Crippen molar-refractivity contribution < 1.29 is 14.3 Å². The van der Waals surface area contributed by atoms with E-state index in [1.54, 1.807) is 7.05 Å². The van der Waals surface area contributed by atoms with Gasteiger partial charge in [-0.1, -0.05) is 19.3 Å². The molecule has 5 nitrogen and oxygen atoms in total. The average Bonchev–Trinajstić information content (AvgIpc) is 2.63. The minimum Gasteiger partial charge on any atom is -0.375 e. The summed E-state index contributed by atoms with van der Waals surface area (Å²) < 4.78 is 6.16. The second-order valence-corrected chi connectivity index (χ2v) is 8.36. The lowest BCUT2D eigenvalue weighted by Gasteiger charge is -2.46. The Balaban J connectivity index is 1.47. The topological polar surface area (TPSA) is 58.6 Å². The van der Waals surface area contributed by atoms with Gasteiger partial charge in [-0.25, -0.2) is 0 Å². The Hall–Kier alpha value is -1.10. The first kappa shape index (κ1) is 18.7. The van der Waals surface area contributed by atoms with E-state index in [0.717, 1.165) is 51.8 Å². The molecule has 2 aliphatic heterocycles. The zero-order valence-electron chi connectivity index (χ0n) is 15.7. The van der Waals surface area contributed by atoms with Crippen molar-refractivity contribution in [1.29, 1.82) is 0 Å². The molecular weight excluding hydrogens is 316 g/mol. The van der Waals surface area contributed by atoms with Gasteiger partial charge in [-0.15, -0.1) is 0 Å². The zero-order valence-corrected chi connectivity index (χ0v) is 15.7. The van der Waals surface area contributed by atoms with E-state index in [9.17, 15) is 9.59 Å². The molecule has 2 heterocycles. The summed E-state index contributed by atoms with van der Waals surface area (Å²) in [4.78, 5) is 26.4. The Labute approximate surface area is 151 Å². The molecule has 1 atom stereocenters. The molecular formula is C20H34N2O3. The van der Waals surface area contributed by atoms with Gasteiger partial charge in [0, 0.05) is 39.6 Å². The van der Waals surface area contributed by atoms with Crippen LogP contribution in [0.2, 0.25) is 0 Å². The molecule has 0 radical (unpaired) electrons. The van der Waals surface area contributed by atoms with Crippen LogP contribution >= 0.6 is 0 Å². The highest BCUT2D eigenvalue weighted by molar-refractivity contribution is 5.76. The monoisotopic (exact) mass is 350 g/mol. The number of carbonyl (C=O) groups excluding carboxylic acids is 2. The Morgan fingerprint density at radius 2 is 1.76 bits per heavy atom. The normalized spacial score (nSPS) is 27.2. The van der Waals surface area contributed by atoms with Crippen LogP contribution in [0.15, 0.2) is 0 Å². The largest absolute Gasteiger partial charge is 0.375 e. The number of piperidine rings is 1. The molecule has 0 aromatic heterocycles. The molecule has 2 amide bonds. The maximum atomic E-state index is 12.6. The van der Waals surface area contributed by atoms with Crippen molar-refractivity contribution in [2.24, 2.45) is 11.8 Å². The van der Waals surface area contributed by atoms with E-state index in [2.05, 4.69) is 10.2 Å². The number of hydrogen-bond donors (Lipinski definition) is 1. The van der Waals surface area contributed by atoms with Crippen LogP contribution in [-0.2, 0) is 14.3 Å². The van der Waals surface area contributed by atoms with Gasteiger partial charge >= 0.3 is 0 Å². The highest BCUT2D eigenvalue weighted by Gasteiger charge is 2.41. The van der Waals surface area contributed by atoms with Crippen LogP contribution in [0.4, 0.5) is 0 Å². The van der Waals surface area contributed by atoms with Gasteiger partial charge < -0.3 is 15.0 Å². The summed E-state index contributed by atoms with van der Waals surface area (Å²) in [5, 5.41) is 2.73. The molecule has 1 saturated carbocycles. The molecule has 142 valence electrons. The van der Waals surface area contributed by atoms with Gasteiger partial charge in [-0.05, 0) is 50.4 Å². The van der Waals surface area contributed by atoms with Crippen LogP contribution in [0.1, 0.15) is 70.6 Å². The van der Waals surface area contributed by atoms with Gasteiger partial charge in [-0.2, -0.15) is 0 Å². The van der Waals surface area contributed by atoms with E-state index < -0.39 is 0 Å². The van der Waals surface area contributed by atoms with Crippen LogP contribution < -0.4 is 5.32 Å². The Morgan fingerprint density at radius 3 is 2.44 bits per heavy atom. The first-order valence-corrected chi connectivity index (χ1v) is 10.2. The number of hydrogen-bond acceptors (Lipinski definition) is 3. The first-order valence-electron chi connectivity index (χ1n) is 10.2. The van der Waals surface area contributed by atoms with E-state index in [1.807, 2.05) is 0 Å². The summed E-state index contributed by atoms with van der Waals surface area (Å²) in [5.74, 6) is 1.50. The van der Waals surface area contributed by atoms with Crippen LogP contribution in [0, 0.1) is 11.8 Å². The third-order valence-electron chi connectivity index (χ3n) is 6.56. The minimum atomic E-state index is -0.0987. The van der Waals surface area contributed by atoms with Crippen LogP contribution in [-0.4, -0.2) is 49.1 Å².